The molecule has 1 aliphatic heterocycles. The summed E-state index contributed by atoms with van der Waals surface area (Å²) in [7, 11) is 1.91. The third-order valence-corrected chi connectivity index (χ3v) is 7.83. The zero-order chi connectivity index (χ0) is 25.9. The molecule has 3 heterocycles. The summed E-state index contributed by atoms with van der Waals surface area (Å²) in [4.78, 5) is 22.0. The molecule has 1 atom stereocenters. The maximum absolute atomic E-state index is 11.9. The second kappa shape index (κ2) is 11.0. The average molecular weight is 500 g/mol. The van der Waals surface area contributed by atoms with E-state index in [2.05, 4.69) is 30.2 Å². The Balaban J connectivity index is 1.58. The number of aryl methyl sites for hydroxylation is 2. The van der Waals surface area contributed by atoms with Crippen molar-refractivity contribution in [3.63, 3.8) is 0 Å². The number of benzene rings is 1. The molecule has 2 aromatic heterocycles. The van der Waals surface area contributed by atoms with E-state index in [4.69, 9.17) is 20.4 Å². The van der Waals surface area contributed by atoms with Gasteiger partial charge in [0.15, 0.2) is 0 Å². The molecule has 37 heavy (non-hydrogen) atoms. The largest absolute Gasteiger partial charge is 0.398 e. The first-order chi connectivity index (χ1) is 17.9. The van der Waals surface area contributed by atoms with Crippen LogP contribution < -0.4 is 5.73 Å². The molecule has 7 nitrogen and oxygen atoms in total. The molecule has 2 aliphatic rings. The number of nitrogens with zero attached hydrogens (tertiary/aromatic N) is 4. The van der Waals surface area contributed by atoms with Gasteiger partial charge in [-0.25, -0.2) is 0 Å². The number of pyridine rings is 1. The molecular weight excluding hydrogens is 462 g/mol. The van der Waals surface area contributed by atoms with Gasteiger partial charge in [-0.05, 0) is 74.8 Å². The van der Waals surface area contributed by atoms with Gasteiger partial charge in [-0.15, -0.1) is 0 Å². The van der Waals surface area contributed by atoms with Gasteiger partial charge in [-0.2, -0.15) is 5.10 Å². The van der Waals surface area contributed by atoms with Gasteiger partial charge in [-0.1, -0.05) is 18.2 Å². The minimum atomic E-state index is 0.258. The molecule has 1 unspecified atom stereocenters. The van der Waals surface area contributed by atoms with Crippen LogP contribution in [0.4, 0.5) is 0 Å². The molecule has 1 saturated heterocycles. The highest BCUT2D eigenvalue weighted by atomic mass is 16.5. The number of ether oxygens (including phenoxy) is 1. The van der Waals surface area contributed by atoms with Crippen molar-refractivity contribution in [2.45, 2.75) is 64.8 Å². The summed E-state index contributed by atoms with van der Waals surface area (Å²) in [5.74, 6) is 0.634. The van der Waals surface area contributed by atoms with Crippen LogP contribution in [-0.2, 0) is 16.6 Å². The van der Waals surface area contributed by atoms with Gasteiger partial charge in [0.25, 0.3) is 0 Å². The lowest BCUT2D eigenvalue weighted by atomic mass is 9.93. The molecule has 7 heteroatoms. The van der Waals surface area contributed by atoms with Crippen molar-refractivity contribution in [1.82, 2.24) is 14.8 Å². The maximum atomic E-state index is 11.9. The van der Waals surface area contributed by atoms with E-state index in [1.807, 2.05) is 25.6 Å². The molecule has 194 valence electrons. The Morgan fingerprint density at radius 3 is 2.65 bits per heavy atom. The number of aliphatic imine (C=N–C) groups is 1. The van der Waals surface area contributed by atoms with E-state index in [-0.39, 0.29) is 11.8 Å². The van der Waals surface area contributed by atoms with Crippen LogP contribution in [0.25, 0.3) is 27.7 Å². The van der Waals surface area contributed by atoms with Gasteiger partial charge in [0.2, 0.25) is 0 Å². The summed E-state index contributed by atoms with van der Waals surface area (Å²) in [5.41, 5.74) is 14.1. The summed E-state index contributed by atoms with van der Waals surface area (Å²) >= 11 is 0. The van der Waals surface area contributed by atoms with E-state index < -0.39 is 0 Å². The molecule has 1 aromatic carbocycles. The smallest absolute Gasteiger partial charge is 0.130 e. The Labute approximate surface area is 218 Å². The third-order valence-electron chi connectivity index (χ3n) is 7.83. The van der Waals surface area contributed by atoms with Crippen LogP contribution in [-0.4, -0.2) is 45.5 Å². The van der Waals surface area contributed by atoms with E-state index in [9.17, 15) is 4.79 Å². The van der Waals surface area contributed by atoms with Crippen LogP contribution >= 0.6 is 0 Å². The number of carbonyl (C=O) groups is 1. The zero-order valence-corrected chi connectivity index (χ0v) is 22.2. The van der Waals surface area contributed by atoms with Crippen molar-refractivity contribution in [3.8, 4) is 11.3 Å². The van der Waals surface area contributed by atoms with E-state index in [0.717, 1.165) is 102 Å². The number of Topliss-reactive ketones (excluding diaryl/α,β-unsaturated/α-hetero) is 1. The first-order valence-electron chi connectivity index (χ1n) is 13.4. The maximum Gasteiger partial charge on any atom is 0.130 e. The fourth-order valence-corrected chi connectivity index (χ4v) is 5.82. The molecule has 1 saturated carbocycles. The van der Waals surface area contributed by atoms with Crippen LogP contribution in [0, 0.1) is 12.8 Å². The number of nitrogens with two attached hydrogens (primary N) is 1. The summed E-state index contributed by atoms with van der Waals surface area (Å²) in [6.45, 7) is 5.33. The van der Waals surface area contributed by atoms with Crippen LogP contribution in [0.15, 0.2) is 47.4 Å². The van der Waals surface area contributed by atoms with Crippen molar-refractivity contribution < 1.29 is 9.53 Å². The van der Waals surface area contributed by atoms with Gasteiger partial charge in [0, 0.05) is 67.0 Å². The molecule has 2 fully saturated rings. The molecule has 1 aliphatic carbocycles. The molecule has 0 bridgehead atoms. The summed E-state index contributed by atoms with van der Waals surface area (Å²) < 4.78 is 7.36. The standard InChI is InChI=1S/C30H37N5O2/c1-19(36)15-21-7-9-26(28(10-8-21)34-23-11-13-37-14-12-23)29(31)25-6-4-5-24-20(2)30(32-17-27(24)25)22-16-33-35(3)18-22/h4-6,16-18,21,23H,7-15,31H2,1-3H3. The van der Waals surface area contributed by atoms with Crippen molar-refractivity contribution in [2.24, 2.45) is 23.7 Å². The third kappa shape index (κ3) is 5.52. The predicted octanol–water partition coefficient (Wildman–Crippen LogP) is 5.40. The Morgan fingerprint density at radius 2 is 1.92 bits per heavy atom. The normalized spacial score (nSPS) is 21.8. The minimum Gasteiger partial charge on any atom is -0.398 e. The number of carbonyl (C=O) groups excluding carboxylic acids is 1. The first-order valence-corrected chi connectivity index (χ1v) is 13.4. The van der Waals surface area contributed by atoms with Crippen LogP contribution in [0.1, 0.15) is 63.0 Å². The number of allylic oxidation sites excluding steroid dienone is 1. The second-order valence-electron chi connectivity index (χ2n) is 10.6. The molecule has 0 amide bonds. The highest BCUT2D eigenvalue weighted by molar-refractivity contribution is 6.09. The number of rotatable bonds is 5. The number of aromatic nitrogens is 3. The SMILES string of the molecule is CC(=O)CC1CCC(=NC2CCOCC2)C(=C(N)c2cccc3c(C)c(-c4cnn(C)c4)ncc23)CC1. The number of fused-ring (bicyclic) bond motifs is 1. The van der Waals surface area contributed by atoms with Gasteiger partial charge < -0.3 is 15.3 Å². The highest BCUT2D eigenvalue weighted by Gasteiger charge is 2.25. The fraction of sp³-hybridized carbons (Fsp3) is 0.467. The summed E-state index contributed by atoms with van der Waals surface area (Å²) in [5, 5.41) is 6.51. The number of hydrogen-bond donors (Lipinski definition) is 1. The first kappa shape index (κ1) is 25.3. The zero-order valence-electron chi connectivity index (χ0n) is 22.2. The molecule has 5 rings (SSSR count). The van der Waals surface area contributed by atoms with E-state index in [1.54, 1.807) is 11.6 Å². The van der Waals surface area contributed by atoms with Crippen molar-refractivity contribution in [1.29, 1.82) is 0 Å². The quantitative estimate of drug-likeness (QED) is 0.474. The van der Waals surface area contributed by atoms with Crippen LogP contribution in [0.5, 0.6) is 0 Å². The second-order valence-corrected chi connectivity index (χ2v) is 10.6. The number of ketones is 1. The molecule has 3 aromatic rings. The number of hydrogen-bond acceptors (Lipinski definition) is 6. The Kier molecular flexibility index (Phi) is 7.51. The van der Waals surface area contributed by atoms with Gasteiger partial charge >= 0.3 is 0 Å². The Morgan fingerprint density at radius 1 is 1.14 bits per heavy atom. The fourth-order valence-electron chi connectivity index (χ4n) is 5.82. The lowest BCUT2D eigenvalue weighted by molar-refractivity contribution is -0.117. The van der Waals surface area contributed by atoms with Crippen molar-refractivity contribution in [2.75, 3.05) is 13.2 Å². The average Bonchev–Trinajstić information content (AvgIpc) is 3.23. The predicted molar refractivity (Wildman–Crippen MR) is 148 cm³/mol. The van der Waals surface area contributed by atoms with Crippen LogP contribution in [0.3, 0.4) is 0 Å². The summed E-state index contributed by atoms with van der Waals surface area (Å²) in [6, 6.07) is 6.59. The lowest BCUT2D eigenvalue weighted by Crippen LogP contribution is -2.21. The molecule has 2 N–H and O–H groups in total. The van der Waals surface area contributed by atoms with Gasteiger partial charge in [0.05, 0.1) is 17.9 Å². The van der Waals surface area contributed by atoms with E-state index in [0.29, 0.717) is 12.3 Å². The van der Waals surface area contributed by atoms with Crippen LogP contribution in [0.2, 0.25) is 0 Å². The summed E-state index contributed by atoms with van der Waals surface area (Å²) in [6.07, 6.45) is 11.9. The minimum absolute atomic E-state index is 0.258. The van der Waals surface area contributed by atoms with Gasteiger partial charge in [0.1, 0.15) is 5.78 Å². The molecular formula is C30H37N5O2. The molecule has 0 radical (unpaired) electrons. The van der Waals surface area contributed by atoms with Gasteiger partial charge in [-0.3, -0.25) is 14.7 Å². The monoisotopic (exact) mass is 499 g/mol. The van der Waals surface area contributed by atoms with Crippen molar-refractivity contribution in [3.05, 3.63) is 53.5 Å². The highest BCUT2D eigenvalue weighted by Crippen LogP contribution is 2.35. The Hall–Kier alpha value is -3.32. The van der Waals surface area contributed by atoms with Crippen molar-refractivity contribution >= 4 is 28.0 Å². The topological polar surface area (TPSA) is 95.4 Å². The van der Waals surface area contributed by atoms with E-state index >= 15 is 0 Å². The van der Waals surface area contributed by atoms with E-state index in [1.165, 1.54) is 0 Å². The molecule has 0 spiro atoms. The Bertz CT molecular complexity index is 1360. The lowest BCUT2D eigenvalue weighted by Gasteiger charge is -2.21.